The van der Waals surface area contributed by atoms with Gasteiger partial charge >= 0.3 is 0 Å². The standard InChI is InChI=1S/C65H38/c1-3-17-49-45(13-1)47-15-5-7-19-51(47)59-36-40(26-31-53(49)59)39-25-30-44-43(35-39)29-34-58-57-33-28-42(38-63(57)65(64(44)58)61-23-11-9-21-55(61)56-22-10-12-24-62(56)65)41-27-32-54-50-18-4-2-14-46(50)48-16-6-8-20-52(48)60(54)37-41/h1-38H. The molecule has 0 aliphatic heterocycles. The molecule has 0 nitrogen and oxygen atoms in total. The van der Waals surface area contributed by atoms with Gasteiger partial charge in [0.1, 0.15) is 0 Å². The van der Waals surface area contributed by atoms with Gasteiger partial charge in [-0.2, -0.15) is 0 Å². The van der Waals surface area contributed by atoms with Gasteiger partial charge in [0, 0.05) is 0 Å². The maximum atomic E-state index is 2.53. The Bertz CT molecular complexity index is 4130. The Balaban J connectivity index is 0.957. The van der Waals surface area contributed by atoms with Crippen LogP contribution in [-0.4, -0.2) is 0 Å². The lowest BCUT2D eigenvalue weighted by Gasteiger charge is -2.32. The molecule has 0 bridgehead atoms. The SMILES string of the molecule is c1ccc2c(c1)-c1ccccc1C21c2cc(-c3ccc4c5ccccc5c5ccccc5c4c3)ccc2-c2ccc3cc(-c4ccc5c6ccccc6c6ccccc6c5c4)ccc3c21. The maximum Gasteiger partial charge on any atom is 0.0731 e. The molecule has 15 rings (SSSR count). The fourth-order valence-corrected chi connectivity index (χ4v) is 12.5. The Kier molecular flexibility index (Phi) is 6.97. The third-order valence-corrected chi connectivity index (χ3v) is 15.2. The Morgan fingerprint density at radius 2 is 0.538 bits per heavy atom. The van der Waals surface area contributed by atoms with Crippen LogP contribution in [0.5, 0.6) is 0 Å². The van der Waals surface area contributed by atoms with Crippen molar-refractivity contribution in [3.63, 3.8) is 0 Å². The number of fused-ring (bicyclic) bond motifs is 24. The third kappa shape index (κ3) is 4.60. The van der Waals surface area contributed by atoms with Crippen molar-refractivity contribution in [3.8, 4) is 44.5 Å². The Morgan fingerprint density at radius 3 is 1.03 bits per heavy atom. The fourth-order valence-electron chi connectivity index (χ4n) is 12.5. The van der Waals surface area contributed by atoms with Crippen molar-refractivity contribution >= 4 is 75.4 Å². The highest BCUT2D eigenvalue weighted by Crippen LogP contribution is 2.64. The van der Waals surface area contributed by atoms with Gasteiger partial charge in [-0.3, -0.25) is 0 Å². The lowest BCUT2D eigenvalue weighted by atomic mass is 9.69. The molecule has 65 heavy (non-hydrogen) atoms. The van der Waals surface area contributed by atoms with Crippen LogP contribution in [0.4, 0.5) is 0 Å². The van der Waals surface area contributed by atoms with Crippen molar-refractivity contribution in [1.29, 1.82) is 0 Å². The summed E-state index contributed by atoms with van der Waals surface area (Å²) in [7, 11) is 0. The molecule has 13 aromatic rings. The van der Waals surface area contributed by atoms with Gasteiger partial charge in [0.05, 0.1) is 5.41 Å². The molecule has 0 fully saturated rings. The molecule has 0 unspecified atom stereocenters. The Labute approximate surface area is 376 Å². The van der Waals surface area contributed by atoms with Crippen LogP contribution in [0, 0.1) is 0 Å². The summed E-state index contributed by atoms with van der Waals surface area (Å²) in [6.45, 7) is 0. The first-order chi connectivity index (χ1) is 32.2. The van der Waals surface area contributed by atoms with E-state index in [-0.39, 0.29) is 0 Å². The van der Waals surface area contributed by atoms with Crippen molar-refractivity contribution in [2.45, 2.75) is 5.41 Å². The summed E-state index contributed by atoms with van der Waals surface area (Å²) in [5.74, 6) is 0. The van der Waals surface area contributed by atoms with Crippen molar-refractivity contribution in [2.24, 2.45) is 0 Å². The van der Waals surface area contributed by atoms with Gasteiger partial charge < -0.3 is 0 Å². The topological polar surface area (TPSA) is 0 Å². The Hall–Kier alpha value is -8.32. The molecular formula is C65H38. The zero-order valence-corrected chi connectivity index (χ0v) is 35.4. The normalized spacial score (nSPS) is 13.4. The summed E-state index contributed by atoms with van der Waals surface area (Å²) in [5, 5.41) is 18.1. The lowest BCUT2D eigenvalue weighted by Crippen LogP contribution is -2.26. The fraction of sp³-hybridized carbons (Fsp3) is 0.0154. The summed E-state index contributed by atoms with van der Waals surface area (Å²) in [5.41, 5.74) is 15.2. The molecule has 13 aromatic carbocycles. The molecule has 298 valence electrons. The third-order valence-electron chi connectivity index (χ3n) is 15.2. The van der Waals surface area contributed by atoms with Crippen LogP contribution < -0.4 is 0 Å². The lowest BCUT2D eigenvalue weighted by molar-refractivity contribution is 0.801. The van der Waals surface area contributed by atoms with Gasteiger partial charge in [0.15, 0.2) is 0 Å². The zero-order valence-electron chi connectivity index (χ0n) is 35.4. The summed E-state index contributed by atoms with van der Waals surface area (Å²) in [4.78, 5) is 0. The van der Waals surface area contributed by atoms with Crippen LogP contribution in [0.1, 0.15) is 22.3 Å². The average molecular weight is 819 g/mol. The second kappa shape index (κ2) is 12.9. The van der Waals surface area contributed by atoms with E-state index in [0.717, 1.165) is 0 Å². The van der Waals surface area contributed by atoms with Crippen LogP contribution in [-0.2, 0) is 5.41 Å². The van der Waals surface area contributed by atoms with E-state index in [4.69, 9.17) is 0 Å². The first-order valence-electron chi connectivity index (χ1n) is 22.8. The summed E-state index contributed by atoms with van der Waals surface area (Å²) in [6, 6.07) is 87.3. The number of benzene rings is 13. The summed E-state index contributed by atoms with van der Waals surface area (Å²) < 4.78 is 0. The molecule has 0 radical (unpaired) electrons. The minimum absolute atomic E-state index is 0.489. The molecule has 0 atom stereocenters. The van der Waals surface area contributed by atoms with Crippen molar-refractivity contribution in [1.82, 2.24) is 0 Å². The van der Waals surface area contributed by atoms with Gasteiger partial charge in [0.2, 0.25) is 0 Å². The monoisotopic (exact) mass is 818 g/mol. The quantitative estimate of drug-likeness (QED) is 0.152. The predicted molar refractivity (Wildman–Crippen MR) is 276 cm³/mol. The van der Waals surface area contributed by atoms with E-state index in [1.54, 1.807) is 0 Å². The molecule has 0 N–H and O–H groups in total. The minimum atomic E-state index is -0.489. The summed E-state index contributed by atoms with van der Waals surface area (Å²) >= 11 is 0. The van der Waals surface area contributed by atoms with E-state index in [1.165, 1.54) is 142 Å². The molecule has 0 heteroatoms. The predicted octanol–water partition coefficient (Wildman–Crippen LogP) is 17.4. The van der Waals surface area contributed by atoms with E-state index in [9.17, 15) is 0 Å². The van der Waals surface area contributed by atoms with E-state index < -0.39 is 5.41 Å². The van der Waals surface area contributed by atoms with E-state index in [0.29, 0.717) is 0 Å². The van der Waals surface area contributed by atoms with Gasteiger partial charge in [0.25, 0.3) is 0 Å². The first-order valence-corrected chi connectivity index (χ1v) is 22.8. The van der Waals surface area contributed by atoms with Crippen molar-refractivity contribution in [2.75, 3.05) is 0 Å². The molecule has 0 heterocycles. The minimum Gasteiger partial charge on any atom is -0.0619 e. The molecule has 2 aliphatic rings. The second-order valence-corrected chi connectivity index (χ2v) is 18.2. The first kappa shape index (κ1) is 35.2. The molecule has 0 amide bonds. The van der Waals surface area contributed by atoms with Crippen LogP contribution in [0.25, 0.3) is 120 Å². The number of rotatable bonds is 2. The highest BCUT2D eigenvalue weighted by molar-refractivity contribution is 6.27. The highest BCUT2D eigenvalue weighted by atomic mass is 14.5. The van der Waals surface area contributed by atoms with Crippen LogP contribution in [0.2, 0.25) is 0 Å². The van der Waals surface area contributed by atoms with Gasteiger partial charge in [-0.05, 0) is 166 Å². The Morgan fingerprint density at radius 1 is 0.200 bits per heavy atom. The number of hydrogen-bond acceptors (Lipinski definition) is 0. The average Bonchev–Trinajstić information content (AvgIpc) is 3.85. The van der Waals surface area contributed by atoms with Gasteiger partial charge in [-0.15, -0.1) is 0 Å². The molecule has 2 aliphatic carbocycles. The van der Waals surface area contributed by atoms with Gasteiger partial charge in [-0.25, -0.2) is 0 Å². The summed E-state index contributed by atoms with van der Waals surface area (Å²) in [6.07, 6.45) is 0. The van der Waals surface area contributed by atoms with Crippen LogP contribution >= 0.6 is 0 Å². The molecule has 0 saturated carbocycles. The molecule has 1 spiro atoms. The smallest absolute Gasteiger partial charge is 0.0619 e. The van der Waals surface area contributed by atoms with Gasteiger partial charge in [-0.1, -0.05) is 206 Å². The molecule has 0 saturated heterocycles. The van der Waals surface area contributed by atoms with Crippen molar-refractivity contribution < 1.29 is 0 Å². The second-order valence-electron chi connectivity index (χ2n) is 18.2. The maximum absolute atomic E-state index is 2.53. The highest BCUT2D eigenvalue weighted by Gasteiger charge is 2.52. The van der Waals surface area contributed by atoms with Crippen LogP contribution in [0.3, 0.4) is 0 Å². The van der Waals surface area contributed by atoms with Crippen molar-refractivity contribution in [3.05, 3.63) is 253 Å². The zero-order chi connectivity index (χ0) is 42.4. The molecule has 0 aromatic heterocycles. The number of hydrogen-bond donors (Lipinski definition) is 0. The van der Waals surface area contributed by atoms with E-state index >= 15 is 0 Å². The van der Waals surface area contributed by atoms with Crippen LogP contribution in [0.15, 0.2) is 231 Å². The largest absolute Gasteiger partial charge is 0.0731 e. The van der Waals surface area contributed by atoms with E-state index in [1.807, 2.05) is 0 Å². The van der Waals surface area contributed by atoms with E-state index in [2.05, 4.69) is 231 Å². The molecular weight excluding hydrogens is 781 g/mol.